The lowest BCUT2D eigenvalue weighted by Gasteiger charge is -2.44. The summed E-state index contributed by atoms with van der Waals surface area (Å²) >= 11 is 12.0. The van der Waals surface area contributed by atoms with E-state index in [1.165, 1.54) is 32.4 Å². The van der Waals surface area contributed by atoms with Gasteiger partial charge in [-0.2, -0.15) is 0 Å². The summed E-state index contributed by atoms with van der Waals surface area (Å²) in [6.07, 6.45) is 4.21. The number of fused-ring (bicyclic) bond motifs is 1. The van der Waals surface area contributed by atoms with Crippen LogP contribution in [0, 0.1) is 11.8 Å². The van der Waals surface area contributed by atoms with Gasteiger partial charge < -0.3 is 4.90 Å². The van der Waals surface area contributed by atoms with Gasteiger partial charge in [0, 0.05) is 37.2 Å². The fourth-order valence-electron chi connectivity index (χ4n) is 4.25. The molecule has 22 heavy (non-hydrogen) atoms. The number of hydrogen-bond donors (Lipinski definition) is 0. The van der Waals surface area contributed by atoms with E-state index in [1.807, 2.05) is 4.90 Å². The summed E-state index contributed by atoms with van der Waals surface area (Å²) in [6, 6.07) is 5.62. The number of amides is 1. The van der Waals surface area contributed by atoms with Crippen LogP contribution in [0.3, 0.4) is 0 Å². The molecule has 2 heterocycles. The number of benzene rings is 1. The lowest BCUT2D eigenvalue weighted by molar-refractivity contribution is 0.0313. The largest absolute Gasteiger partial charge is 0.335 e. The minimum absolute atomic E-state index is 0.0253. The van der Waals surface area contributed by atoms with Crippen molar-refractivity contribution >= 4 is 29.1 Å². The third kappa shape index (κ3) is 2.53. The minimum atomic E-state index is 0.0253. The number of carbonyl (C=O) groups excluding carboxylic acids is 1. The Hall–Kier alpha value is -0.770. The predicted molar refractivity (Wildman–Crippen MR) is 88.6 cm³/mol. The molecule has 3 fully saturated rings. The van der Waals surface area contributed by atoms with Crippen LogP contribution in [0.15, 0.2) is 18.2 Å². The molecule has 0 bridgehead atoms. The van der Waals surface area contributed by atoms with Gasteiger partial charge in [-0.25, -0.2) is 0 Å². The SMILES string of the molecule is O=C(c1ccc(Cl)cc1Cl)N1CC(N2CC3CCCC3C2)C1. The van der Waals surface area contributed by atoms with Crippen molar-refractivity contribution in [1.29, 1.82) is 0 Å². The number of halogens is 2. The average Bonchev–Trinajstić information content (AvgIpc) is 2.97. The normalized spacial score (nSPS) is 28.7. The Morgan fingerprint density at radius 1 is 1.05 bits per heavy atom. The molecule has 0 spiro atoms. The Bertz CT molecular complexity index is 588. The van der Waals surface area contributed by atoms with Crippen molar-refractivity contribution in [3.8, 4) is 0 Å². The van der Waals surface area contributed by atoms with E-state index in [-0.39, 0.29) is 5.91 Å². The maximum absolute atomic E-state index is 12.5. The lowest BCUT2D eigenvalue weighted by Crippen LogP contribution is -2.60. The molecule has 0 radical (unpaired) electrons. The molecule has 2 atom stereocenters. The van der Waals surface area contributed by atoms with Crippen molar-refractivity contribution in [1.82, 2.24) is 9.80 Å². The van der Waals surface area contributed by atoms with Gasteiger partial charge in [0.05, 0.1) is 10.6 Å². The Morgan fingerprint density at radius 3 is 2.36 bits per heavy atom. The highest BCUT2D eigenvalue weighted by molar-refractivity contribution is 6.36. The van der Waals surface area contributed by atoms with Gasteiger partial charge in [0.15, 0.2) is 0 Å². The van der Waals surface area contributed by atoms with Gasteiger partial charge in [-0.3, -0.25) is 9.69 Å². The summed E-state index contributed by atoms with van der Waals surface area (Å²) in [5, 5.41) is 1.00. The van der Waals surface area contributed by atoms with Gasteiger partial charge in [0.1, 0.15) is 0 Å². The van der Waals surface area contributed by atoms with Crippen molar-refractivity contribution < 1.29 is 4.79 Å². The van der Waals surface area contributed by atoms with Crippen LogP contribution in [0.1, 0.15) is 29.6 Å². The van der Waals surface area contributed by atoms with Gasteiger partial charge in [0.25, 0.3) is 5.91 Å². The summed E-state index contributed by atoms with van der Waals surface area (Å²) in [6.45, 7) is 4.13. The molecule has 0 N–H and O–H groups in total. The second-order valence-corrected chi connectivity index (χ2v) is 7.74. The van der Waals surface area contributed by atoms with E-state index >= 15 is 0 Å². The number of rotatable bonds is 2. The summed E-state index contributed by atoms with van der Waals surface area (Å²) < 4.78 is 0. The topological polar surface area (TPSA) is 23.6 Å². The van der Waals surface area contributed by atoms with E-state index in [2.05, 4.69) is 4.90 Å². The first-order chi connectivity index (χ1) is 10.6. The molecule has 1 aromatic rings. The van der Waals surface area contributed by atoms with Crippen molar-refractivity contribution in [3.63, 3.8) is 0 Å². The van der Waals surface area contributed by atoms with Gasteiger partial charge in [-0.15, -0.1) is 0 Å². The molecule has 118 valence electrons. The molecule has 2 unspecified atom stereocenters. The van der Waals surface area contributed by atoms with Crippen LogP contribution >= 0.6 is 23.2 Å². The van der Waals surface area contributed by atoms with Crippen LogP contribution in [0.4, 0.5) is 0 Å². The van der Waals surface area contributed by atoms with E-state index in [9.17, 15) is 4.79 Å². The molecular formula is C17H20Cl2N2O. The van der Waals surface area contributed by atoms with Crippen molar-refractivity contribution in [3.05, 3.63) is 33.8 Å². The van der Waals surface area contributed by atoms with Gasteiger partial charge >= 0.3 is 0 Å². The predicted octanol–water partition coefficient (Wildman–Crippen LogP) is 3.55. The monoisotopic (exact) mass is 338 g/mol. The molecule has 0 aromatic heterocycles. The van der Waals surface area contributed by atoms with Gasteiger partial charge in [0.2, 0.25) is 0 Å². The summed E-state index contributed by atoms with van der Waals surface area (Å²) in [5.41, 5.74) is 0.558. The van der Waals surface area contributed by atoms with E-state index < -0.39 is 0 Å². The zero-order chi connectivity index (χ0) is 15.3. The molecule has 2 saturated heterocycles. The van der Waals surface area contributed by atoms with Crippen molar-refractivity contribution in [2.45, 2.75) is 25.3 Å². The van der Waals surface area contributed by atoms with Crippen LogP contribution in [-0.2, 0) is 0 Å². The highest BCUT2D eigenvalue weighted by atomic mass is 35.5. The highest BCUT2D eigenvalue weighted by Gasteiger charge is 2.43. The van der Waals surface area contributed by atoms with E-state index in [0.29, 0.717) is 21.7 Å². The molecule has 4 rings (SSSR count). The average molecular weight is 339 g/mol. The zero-order valence-electron chi connectivity index (χ0n) is 12.5. The third-order valence-corrected chi connectivity index (χ3v) is 6.13. The minimum Gasteiger partial charge on any atom is -0.335 e. The van der Waals surface area contributed by atoms with E-state index in [1.54, 1.807) is 18.2 Å². The van der Waals surface area contributed by atoms with Crippen LogP contribution in [0.5, 0.6) is 0 Å². The van der Waals surface area contributed by atoms with Crippen molar-refractivity contribution in [2.75, 3.05) is 26.2 Å². The first-order valence-corrected chi connectivity index (χ1v) is 8.86. The molecule has 1 aromatic carbocycles. The number of nitrogens with zero attached hydrogens (tertiary/aromatic N) is 2. The fourth-order valence-corrected chi connectivity index (χ4v) is 4.74. The second-order valence-electron chi connectivity index (χ2n) is 6.89. The number of likely N-dealkylation sites (tertiary alicyclic amines) is 2. The Balaban J connectivity index is 1.36. The standard InChI is InChI=1S/C17H20Cl2N2O/c18-13-4-5-15(16(19)6-13)17(22)21-9-14(10-21)20-7-11-2-1-3-12(11)8-20/h4-6,11-12,14H,1-3,7-10H2. The zero-order valence-corrected chi connectivity index (χ0v) is 14.0. The smallest absolute Gasteiger partial charge is 0.255 e. The Morgan fingerprint density at radius 2 is 1.73 bits per heavy atom. The first kappa shape index (κ1) is 14.8. The summed E-state index contributed by atoms with van der Waals surface area (Å²) in [4.78, 5) is 17.0. The van der Waals surface area contributed by atoms with E-state index in [4.69, 9.17) is 23.2 Å². The Labute approximate surface area is 141 Å². The molecule has 3 aliphatic rings. The molecule has 1 amide bonds. The van der Waals surface area contributed by atoms with Gasteiger partial charge in [-0.1, -0.05) is 29.6 Å². The molecule has 3 nitrogen and oxygen atoms in total. The molecule has 5 heteroatoms. The van der Waals surface area contributed by atoms with E-state index in [0.717, 1.165) is 24.9 Å². The lowest BCUT2D eigenvalue weighted by atomic mass is 10.0. The van der Waals surface area contributed by atoms with Crippen LogP contribution in [0.25, 0.3) is 0 Å². The first-order valence-electron chi connectivity index (χ1n) is 8.10. The second kappa shape index (κ2) is 5.70. The van der Waals surface area contributed by atoms with Crippen LogP contribution < -0.4 is 0 Å². The van der Waals surface area contributed by atoms with Crippen molar-refractivity contribution in [2.24, 2.45) is 11.8 Å². The van der Waals surface area contributed by atoms with Crippen LogP contribution in [-0.4, -0.2) is 47.9 Å². The van der Waals surface area contributed by atoms with Crippen LogP contribution in [0.2, 0.25) is 10.0 Å². The summed E-state index contributed by atoms with van der Waals surface area (Å²) in [5.74, 6) is 1.85. The quantitative estimate of drug-likeness (QED) is 0.823. The highest BCUT2D eigenvalue weighted by Crippen LogP contribution is 2.39. The fraction of sp³-hybridized carbons (Fsp3) is 0.588. The molecule has 1 aliphatic carbocycles. The Kier molecular flexibility index (Phi) is 3.83. The number of carbonyl (C=O) groups is 1. The molecule has 2 aliphatic heterocycles. The molecule has 1 saturated carbocycles. The number of hydrogen-bond acceptors (Lipinski definition) is 2. The third-order valence-electron chi connectivity index (χ3n) is 5.58. The maximum Gasteiger partial charge on any atom is 0.255 e. The molecular weight excluding hydrogens is 319 g/mol. The summed E-state index contributed by atoms with van der Waals surface area (Å²) in [7, 11) is 0. The van der Waals surface area contributed by atoms with Gasteiger partial charge in [-0.05, 0) is 42.9 Å². The maximum atomic E-state index is 12.5.